The first kappa shape index (κ1) is 16.5. The maximum absolute atomic E-state index is 12.2. The van der Waals surface area contributed by atoms with Crippen molar-refractivity contribution in [3.63, 3.8) is 0 Å². The Bertz CT molecular complexity index is 536. The topological polar surface area (TPSA) is 66.4 Å². The van der Waals surface area contributed by atoms with Crippen molar-refractivity contribution in [2.75, 3.05) is 0 Å². The van der Waals surface area contributed by atoms with Gasteiger partial charge in [-0.1, -0.05) is 30.1 Å². The lowest BCUT2D eigenvalue weighted by Gasteiger charge is -2.25. The third-order valence-corrected chi connectivity index (χ3v) is 4.80. The van der Waals surface area contributed by atoms with Crippen LogP contribution in [0.25, 0.3) is 0 Å². The third kappa shape index (κ3) is 3.73. The van der Waals surface area contributed by atoms with Gasteiger partial charge in [0.1, 0.15) is 5.54 Å². The number of carbonyl (C=O) groups excluding carboxylic acids is 1. The number of aliphatic carboxylic acids is 1. The summed E-state index contributed by atoms with van der Waals surface area (Å²) in [6, 6.07) is 2.99. The van der Waals surface area contributed by atoms with Crippen LogP contribution < -0.4 is 5.32 Å². The molecule has 4 nitrogen and oxygen atoms in total. The smallest absolute Gasteiger partial charge is 0.329 e. The van der Waals surface area contributed by atoms with Gasteiger partial charge in [-0.2, -0.15) is 0 Å². The molecule has 0 saturated carbocycles. The van der Waals surface area contributed by atoms with Crippen LogP contribution in [0.15, 0.2) is 12.1 Å². The number of carboxylic acids is 1. The van der Waals surface area contributed by atoms with Gasteiger partial charge in [-0.05, 0) is 48.1 Å². The van der Waals surface area contributed by atoms with Gasteiger partial charge in [0.15, 0.2) is 0 Å². The Morgan fingerprint density at radius 2 is 2.00 bits per heavy atom. The zero-order valence-corrected chi connectivity index (χ0v) is 13.9. The van der Waals surface area contributed by atoms with Gasteiger partial charge in [0, 0.05) is 8.59 Å². The molecular weight excluding hydrogens is 404 g/mol. The Balaban J connectivity index is 3.12. The molecule has 0 radical (unpaired) electrons. The third-order valence-electron chi connectivity index (χ3n) is 2.81. The molecule has 0 aliphatic rings. The van der Waals surface area contributed by atoms with Crippen molar-refractivity contribution in [3.05, 3.63) is 31.3 Å². The fourth-order valence-electron chi connectivity index (χ4n) is 1.33. The van der Waals surface area contributed by atoms with E-state index in [1.54, 1.807) is 6.92 Å². The fourth-order valence-corrected chi connectivity index (χ4v) is 2.38. The molecule has 0 aliphatic carbocycles. The van der Waals surface area contributed by atoms with E-state index in [9.17, 15) is 9.59 Å². The standard InChI is InChI=1S/C12H12Cl2INO3/c1-3-12(2,11(18)19)16-10(17)7-4-6(13)5-8(14)9(7)15/h4-5H,3H2,1-2H3,(H,16,17)(H,18,19). The van der Waals surface area contributed by atoms with Gasteiger partial charge in [0.2, 0.25) is 0 Å². The monoisotopic (exact) mass is 415 g/mol. The maximum Gasteiger partial charge on any atom is 0.329 e. The minimum atomic E-state index is -1.32. The Kier molecular flexibility index (Phi) is 5.46. The van der Waals surface area contributed by atoms with Gasteiger partial charge in [-0.3, -0.25) is 4.79 Å². The number of hydrogen-bond acceptors (Lipinski definition) is 2. The van der Waals surface area contributed by atoms with Gasteiger partial charge in [0.05, 0.1) is 10.6 Å². The summed E-state index contributed by atoms with van der Waals surface area (Å²) in [4.78, 5) is 23.3. The van der Waals surface area contributed by atoms with Crippen LogP contribution in [0.1, 0.15) is 30.6 Å². The lowest BCUT2D eigenvalue weighted by Crippen LogP contribution is -2.51. The number of carboxylic acid groups (broad SMARTS) is 1. The predicted molar refractivity (Wildman–Crippen MR) is 83.0 cm³/mol. The molecule has 0 fully saturated rings. The Morgan fingerprint density at radius 1 is 1.42 bits per heavy atom. The van der Waals surface area contributed by atoms with Crippen molar-refractivity contribution < 1.29 is 14.7 Å². The van der Waals surface area contributed by atoms with Crippen molar-refractivity contribution in [1.29, 1.82) is 0 Å². The average Bonchev–Trinajstić information content (AvgIpc) is 2.33. The second-order valence-corrected chi connectivity index (χ2v) is 6.12. The van der Waals surface area contributed by atoms with E-state index >= 15 is 0 Å². The number of hydrogen-bond donors (Lipinski definition) is 2. The molecule has 104 valence electrons. The summed E-state index contributed by atoms with van der Waals surface area (Å²) in [5.74, 6) is -1.60. The second kappa shape index (κ2) is 6.28. The van der Waals surface area contributed by atoms with E-state index in [0.29, 0.717) is 13.6 Å². The van der Waals surface area contributed by atoms with Gasteiger partial charge in [-0.15, -0.1) is 0 Å². The molecule has 1 atom stereocenters. The number of carbonyl (C=O) groups is 2. The SMILES string of the molecule is CCC(C)(NC(=O)c1cc(Cl)cc(Cl)c1I)C(=O)O. The normalized spacial score (nSPS) is 13.7. The highest BCUT2D eigenvalue weighted by molar-refractivity contribution is 14.1. The van der Waals surface area contributed by atoms with Crippen molar-refractivity contribution in [3.8, 4) is 0 Å². The molecule has 1 aromatic rings. The van der Waals surface area contributed by atoms with E-state index in [1.165, 1.54) is 19.1 Å². The average molecular weight is 416 g/mol. The molecule has 0 heterocycles. The van der Waals surface area contributed by atoms with Crippen LogP contribution in [-0.4, -0.2) is 22.5 Å². The van der Waals surface area contributed by atoms with E-state index in [0.717, 1.165) is 0 Å². The maximum atomic E-state index is 12.2. The molecule has 0 aliphatic heterocycles. The molecule has 0 saturated heterocycles. The van der Waals surface area contributed by atoms with E-state index in [4.69, 9.17) is 28.3 Å². The van der Waals surface area contributed by atoms with E-state index in [2.05, 4.69) is 5.32 Å². The Labute approximate surface area is 134 Å². The number of halogens is 3. The first-order chi connectivity index (χ1) is 8.71. The van der Waals surface area contributed by atoms with Crippen molar-refractivity contribution in [1.82, 2.24) is 5.32 Å². The summed E-state index contributed by atoms with van der Waals surface area (Å²) in [5, 5.41) is 12.3. The van der Waals surface area contributed by atoms with E-state index in [-0.39, 0.29) is 12.0 Å². The lowest BCUT2D eigenvalue weighted by atomic mass is 9.98. The van der Waals surface area contributed by atoms with Crippen LogP contribution in [-0.2, 0) is 4.79 Å². The zero-order chi connectivity index (χ0) is 14.8. The van der Waals surface area contributed by atoms with Crippen molar-refractivity contribution in [2.24, 2.45) is 0 Å². The lowest BCUT2D eigenvalue weighted by molar-refractivity contribution is -0.143. The van der Waals surface area contributed by atoms with Crippen LogP contribution in [0.2, 0.25) is 10.0 Å². The van der Waals surface area contributed by atoms with Crippen LogP contribution in [0, 0.1) is 3.57 Å². The highest BCUT2D eigenvalue weighted by Crippen LogP contribution is 2.27. The molecule has 0 spiro atoms. The molecule has 19 heavy (non-hydrogen) atoms. The van der Waals surface area contributed by atoms with Crippen molar-refractivity contribution >= 4 is 57.7 Å². The molecule has 1 unspecified atom stereocenters. The zero-order valence-electron chi connectivity index (χ0n) is 10.3. The van der Waals surface area contributed by atoms with Gasteiger partial charge >= 0.3 is 5.97 Å². The van der Waals surface area contributed by atoms with Gasteiger partial charge in [-0.25, -0.2) is 4.79 Å². The molecule has 1 amide bonds. The summed E-state index contributed by atoms with van der Waals surface area (Å²) >= 11 is 13.7. The summed E-state index contributed by atoms with van der Waals surface area (Å²) in [6.45, 7) is 3.14. The first-order valence-electron chi connectivity index (χ1n) is 5.41. The Hall–Kier alpha value is -0.530. The minimum absolute atomic E-state index is 0.263. The fraction of sp³-hybridized carbons (Fsp3) is 0.333. The highest BCUT2D eigenvalue weighted by atomic mass is 127. The summed E-state index contributed by atoms with van der Waals surface area (Å²) < 4.78 is 0.532. The number of nitrogens with one attached hydrogen (secondary N) is 1. The van der Waals surface area contributed by atoms with Gasteiger partial charge in [0.25, 0.3) is 5.91 Å². The molecule has 0 aromatic heterocycles. The molecule has 1 rings (SSSR count). The molecular formula is C12H12Cl2INO3. The quantitative estimate of drug-likeness (QED) is 0.583. The molecule has 0 bridgehead atoms. The van der Waals surface area contributed by atoms with E-state index < -0.39 is 17.4 Å². The van der Waals surface area contributed by atoms with E-state index in [1.807, 2.05) is 22.6 Å². The molecule has 2 N–H and O–H groups in total. The number of amides is 1. The van der Waals surface area contributed by atoms with Crippen LogP contribution in [0.3, 0.4) is 0 Å². The first-order valence-corrected chi connectivity index (χ1v) is 7.25. The van der Waals surface area contributed by atoms with Crippen LogP contribution in [0.4, 0.5) is 0 Å². The molecule has 1 aromatic carbocycles. The summed E-state index contributed by atoms with van der Waals surface area (Å²) in [6.07, 6.45) is 0.263. The Morgan fingerprint density at radius 3 is 2.47 bits per heavy atom. The number of benzene rings is 1. The largest absolute Gasteiger partial charge is 0.480 e. The van der Waals surface area contributed by atoms with Crippen LogP contribution >= 0.6 is 45.8 Å². The van der Waals surface area contributed by atoms with Crippen molar-refractivity contribution in [2.45, 2.75) is 25.8 Å². The summed E-state index contributed by atoms with van der Waals surface area (Å²) in [5.41, 5.74) is -1.06. The summed E-state index contributed by atoms with van der Waals surface area (Å²) in [7, 11) is 0. The number of rotatable bonds is 4. The molecule has 7 heteroatoms. The minimum Gasteiger partial charge on any atom is -0.480 e. The predicted octanol–water partition coefficient (Wildman–Crippen LogP) is 3.58. The second-order valence-electron chi connectivity index (χ2n) is 4.19. The van der Waals surface area contributed by atoms with Gasteiger partial charge < -0.3 is 10.4 Å². The van der Waals surface area contributed by atoms with Crippen LogP contribution in [0.5, 0.6) is 0 Å². The highest BCUT2D eigenvalue weighted by Gasteiger charge is 2.33.